The van der Waals surface area contributed by atoms with Crippen LogP contribution in [0.25, 0.3) is 34.0 Å². The van der Waals surface area contributed by atoms with Gasteiger partial charge in [0.1, 0.15) is 17.2 Å². The van der Waals surface area contributed by atoms with Gasteiger partial charge in [0.25, 0.3) is 0 Å². The molecule has 2 aromatic carbocycles. The molecule has 5 rings (SSSR count). The fraction of sp³-hybridized carbons (Fsp3) is 0.125. The zero-order chi connectivity index (χ0) is 23.9. The van der Waals surface area contributed by atoms with Crippen molar-refractivity contribution in [2.24, 2.45) is 0 Å². The lowest BCUT2D eigenvalue weighted by atomic mass is 10.1. The van der Waals surface area contributed by atoms with Gasteiger partial charge < -0.3 is 0 Å². The summed E-state index contributed by atoms with van der Waals surface area (Å²) < 4.78 is 53.7. The van der Waals surface area contributed by atoms with E-state index in [1.807, 2.05) is 0 Å². The second-order valence-corrected chi connectivity index (χ2v) is 7.69. The minimum atomic E-state index is -4.39. The van der Waals surface area contributed by atoms with Crippen LogP contribution < -0.4 is 0 Å². The van der Waals surface area contributed by atoms with E-state index < -0.39 is 11.7 Å². The smallest absolute Gasteiger partial charge is 0.264 e. The van der Waals surface area contributed by atoms with E-state index in [-0.39, 0.29) is 5.82 Å². The molecule has 1 aromatic heterocycles. The average Bonchev–Trinajstić information content (AvgIpc) is 3.24. The van der Waals surface area contributed by atoms with E-state index in [0.29, 0.717) is 51.8 Å². The van der Waals surface area contributed by atoms with Crippen LogP contribution in [-0.4, -0.2) is 29.9 Å². The van der Waals surface area contributed by atoms with E-state index in [1.54, 1.807) is 48.3 Å². The number of imidazole rings is 1. The van der Waals surface area contributed by atoms with Crippen LogP contribution in [-0.2, 0) is 12.7 Å². The molecule has 0 amide bonds. The summed E-state index contributed by atoms with van der Waals surface area (Å²) in [6, 6.07) is 13.0. The second-order valence-electron chi connectivity index (χ2n) is 7.69. The number of fused-ring (bicyclic) bond motifs is 1. The second kappa shape index (κ2) is 8.29. The normalized spacial score (nSPS) is 11.8. The number of halogens is 4. The highest BCUT2D eigenvalue weighted by Crippen LogP contribution is 2.31. The minimum Gasteiger partial charge on any atom is -0.264 e. The first-order chi connectivity index (χ1) is 16.3. The van der Waals surface area contributed by atoms with Gasteiger partial charge in [-0.1, -0.05) is 24.3 Å². The van der Waals surface area contributed by atoms with Crippen LogP contribution in [0.4, 0.5) is 17.6 Å². The van der Waals surface area contributed by atoms with Gasteiger partial charge in [0.15, 0.2) is 5.82 Å². The Morgan fingerprint density at radius 1 is 0.853 bits per heavy atom. The van der Waals surface area contributed by atoms with E-state index in [4.69, 9.17) is 0 Å². The molecular weight excluding hydrogens is 448 g/mol. The molecule has 0 spiro atoms. The average molecular weight is 464 g/mol. The molecule has 0 bridgehead atoms. The number of benzene rings is 2. The first kappa shape index (κ1) is 21.6. The van der Waals surface area contributed by atoms with Crippen LogP contribution in [0.2, 0.25) is 0 Å². The maximum absolute atomic E-state index is 13.9. The summed E-state index contributed by atoms with van der Waals surface area (Å²) in [5.74, 6) is 0.102. The summed E-state index contributed by atoms with van der Waals surface area (Å²) >= 11 is 0. The number of aromatic nitrogens is 6. The molecule has 0 unspecified atom stereocenters. The fourth-order valence-electron chi connectivity index (χ4n) is 3.51. The van der Waals surface area contributed by atoms with Gasteiger partial charge in [0.2, 0.25) is 0 Å². The van der Waals surface area contributed by atoms with Crippen LogP contribution >= 0.6 is 0 Å². The lowest BCUT2D eigenvalue weighted by molar-refractivity contribution is -0.137. The maximum Gasteiger partial charge on any atom is 0.416 e. The highest BCUT2D eigenvalue weighted by Gasteiger charge is 2.30. The minimum absolute atomic E-state index is 0.303. The van der Waals surface area contributed by atoms with E-state index in [9.17, 15) is 17.6 Å². The van der Waals surface area contributed by atoms with Crippen molar-refractivity contribution >= 4 is 0 Å². The van der Waals surface area contributed by atoms with Crippen LogP contribution in [0.3, 0.4) is 0 Å². The van der Waals surface area contributed by atoms with Crippen LogP contribution in [0.1, 0.15) is 16.8 Å². The monoisotopic (exact) mass is 464 g/mol. The summed E-state index contributed by atoms with van der Waals surface area (Å²) in [6.07, 6.45) is -1.10. The van der Waals surface area contributed by atoms with Gasteiger partial charge >= 0.3 is 6.18 Å². The Morgan fingerprint density at radius 2 is 1.62 bits per heavy atom. The lowest BCUT2D eigenvalue weighted by Crippen LogP contribution is -2.08. The van der Waals surface area contributed by atoms with Crippen molar-refractivity contribution in [1.29, 1.82) is 0 Å². The van der Waals surface area contributed by atoms with E-state index in [0.717, 1.165) is 12.1 Å². The van der Waals surface area contributed by atoms with Crippen molar-refractivity contribution in [2.75, 3.05) is 0 Å². The summed E-state index contributed by atoms with van der Waals surface area (Å²) in [6.45, 7) is 1.98. The third-order valence-electron chi connectivity index (χ3n) is 5.38. The molecule has 0 radical (unpaired) electrons. The highest BCUT2D eigenvalue weighted by atomic mass is 19.4. The third-order valence-corrected chi connectivity index (χ3v) is 5.38. The van der Waals surface area contributed by atoms with Crippen LogP contribution in [0.5, 0.6) is 0 Å². The van der Waals surface area contributed by atoms with Crippen molar-refractivity contribution in [2.45, 2.75) is 19.6 Å². The molecule has 170 valence electrons. The molecule has 6 nitrogen and oxygen atoms in total. The number of hydrogen-bond acceptors (Lipinski definition) is 5. The quantitative estimate of drug-likeness (QED) is 0.333. The third kappa shape index (κ3) is 4.21. The molecule has 0 N–H and O–H groups in total. The molecule has 3 aromatic rings. The van der Waals surface area contributed by atoms with Crippen molar-refractivity contribution in [3.63, 3.8) is 0 Å². The molecule has 0 saturated heterocycles. The Hall–Kier alpha value is -4.21. The maximum atomic E-state index is 13.9. The van der Waals surface area contributed by atoms with E-state index in [1.165, 1.54) is 18.2 Å². The van der Waals surface area contributed by atoms with Gasteiger partial charge in [-0.3, -0.25) is 4.68 Å². The summed E-state index contributed by atoms with van der Waals surface area (Å²) in [5.41, 5.74) is 3.16. The van der Waals surface area contributed by atoms with E-state index in [2.05, 4.69) is 25.3 Å². The van der Waals surface area contributed by atoms with Crippen LogP contribution in [0.15, 0.2) is 67.0 Å². The van der Waals surface area contributed by atoms with Crippen molar-refractivity contribution in [3.8, 4) is 34.0 Å². The SMILES string of the molecule is Cc1c(F)cccc1-c1nc2cnn(Cc3ccc(-c4ccc(C(F)(F)F)cc4)nn3)cc-2n1. The Labute approximate surface area is 191 Å². The van der Waals surface area contributed by atoms with Gasteiger partial charge in [-0.15, -0.1) is 0 Å². The largest absolute Gasteiger partial charge is 0.416 e. The zero-order valence-corrected chi connectivity index (χ0v) is 17.8. The van der Waals surface area contributed by atoms with Gasteiger partial charge in [-0.25, -0.2) is 14.4 Å². The molecule has 3 heterocycles. The molecule has 0 atom stereocenters. The summed E-state index contributed by atoms with van der Waals surface area (Å²) in [7, 11) is 0. The standard InChI is InChI=1S/C24H16F4N6/c1-14-18(3-2-4-19(14)25)23-30-21-11-29-34(13-22(21)31-23)12-17-9-10-20(33-32-17)15-5-7-16(8-6-15)24(26,27)28/h2-11,13H,12H2,1H3. The summed E-state index contributed by atoms with van der Waals surface area (Å²) in [4.78, 5) is 8.96. The van der Waals surface area contributed by atoms with Crippen molar-refractivity contribution in [1.82, 2.24) is 29.9 Å². The molecule has 0 aliphatic carbocycles. The Bertz CT molecular complexity index is 1430. The predicted molar refractivity (Wildman–Crippen MR) is 116 cm³/mol. The Morgan fingerprint density at radius 3 is 2.32 bits per heavy atom. The number of rotatable bonds is 4. The van der Waals surface area contributed by atoms with Crippen molar-refractivity contribution < 1.29 is 17.6 Å². The van der Waals surface area contributed by atoms with Gasteiger partial charge in [0, 0.05) is 11.1 Å². The number of nitrogens with zero attached hydrogens (tertiary/aromatic N) is 6. The van der Waals surface area contributed by atoms with Crippen LogP contribution in [0, 0.1) is 12.7 Å². The molecule has 0 saturated carbocycles. The number of alkyl halides is 3. The Kier molecular flexibility index (Phi) is 5.27. The molecular formula is C24H16F4N6. The first-order valence-corrected chi connectivity index (χ1v) is 10.2. The molecule has 10 heteroatoms. The number of hydrogen-bond donors (Lipinski definition) is 0. The highest BCUT2D eigenvalue weighted by molar-refractivity contribution is 5.67. The topological polar surface area (TPSA) is 69.4 Å². The lowest BCUT2D eigenvalue weighted by Gasteiger charge is -2.08. The van der Waals surface area contributed by atoms with Gasteiger partial charge in [0.05, 0.1) is 35.9 Å². The molecule has 34 heavy (non-hydrogen) atoms. The van der Waals surface area contributed by atoms with E-state index >= 15 is 0 Å². The Balaban J connectivity index is 1.35. The molecule has 0 fully saturated rings. The zero-order valence-electron chi connectivity index (χ0n) is 17.8. The van der Waals surface area contributed by atoms with Gasteiger partial charge in [-0.05, 0) is 42.8 Å². The molecule has 2 aliphatic heterocycles. The first-order valence-electron chi connectivity index (χ1n) is 10.2. The van der Waals surface area contributed by atoms with Crippen molar-refractivity contribution in [3.05, 3.63) is 89.6 Å². The fourth-order valence-corrected chi connectivity index (χ4v) is 3.51. The summed E-state index contributed by atoms with van der Waals surface area (Å²) in [5, 5.41) is 12.6. The van der Waals surface area contributed by atoms with Gasteiger partial charge in [-0.2, -0.15) is 28.5 Å². The predicted octanol–water partition coefficient (Wildman–Crippen LogP) is 5.42. The molecule has 2 aliphatic rings.